The molecule has 2 atom stereocenters. The molecule has 0 unspecified atom stereocenters. The minimum atomic E-state index is -4.81. The number of allylic oxidation sites excluding steroid dienone is 2. The molecule has 1 aliphatic carbocycles. The van der Waals surface area contributed by atoms with Crippen molar-refractivity contribution >= 4 is 11.6 Å². The lowest BCUT2D eigenvalue weighted by Gasteiger charge is -2.34. The quantitative estimate of drug-likeness (QED) is 0.579. The van der Waals surface area contributed by atoms with Gasteiger partial charge in [-0.3, -0.25) is 19.8 Å². The first-order valence-electron chi connectivity index (χ1n) is 9.53. The molecule has 7 nitrogen and oxygen atoms in total. The Morgan fingerprint density at radius 1 is 1.03 bits per heavy atom. The van der Waals surface area contributed by atoms with Gasteiger partial charge in [-0.05, 0) is 36.2 Å². The van der Waals surface area contributed by atoms with Crippen LogP contribution in [0.4, 0.5) is 19.0 Å². The van der Waals surface area contributed by atoms with Crippen molar-refractivity contribution in [2.24, 2.45) is 0 Å². The number of rotatable bonds is 3. The van der Waals surface area contributed by atoms with Crippen molar-refractivity contribution in [3.8, 4) is 5.75 Å². The maximum absolute atomic E-state index is 13.2. The summed E-state index contributed by atoms with van der Waals surface area (Å²) in [5.74, 6) is -0.273. The van der Waals surface area contributed by atoms with Crippen molar-refractivity contribution in [1.82, 2.24) is 10.2 Å². The van der Waals surface area contributed by atoms with E-state index < -0.39 is 17.8 Å². The van der Waals surface area contributed by atoms with Crippen LogP contribution in [0.15, 0.2) is 63.1 Å². The molecule has 0 amide bonds. The lowest BCUT2D eigenvalue weighted by Crippen LogP contribution is -2.31. The van der Waals surface area contributed by atoms with Crippen LogP contribution in [0, 0.1) is 0 Å². The molecule has 3 aromatic rings. The monoisotopic (exact) mass is 431 g/mol. The number of nitrogens with one attached hydrogen (secondary N) is 3. The zero-order valence-electron chi connectivity index (χ0n) is 15.9. The van der Waals surface area contributed by atoms with E-state index in [1.54, 1.807) is 12.3 Å². The minimum Gasteiger partial charge on any atom is -0.469 e. The molecule has 2 aromatic heterocycles. The Kier molecular flexibility index (Phi) is 4.31. The van der Waals surface area contributed by atoms with Crippen LogP contribution in [0.25, 0.3) is 0 Å². The zero-order valence-corrected chi connectivity index (χ0v) is 15.9. The summed E-state index contributed by atoms with van der Waals surface area (Å²) in [7, 11) is 0. The predicted octanol–water partition coefficient (Wildman–Crippen LogP) is 4.15. The Bertz CT molecular complexity index is 1220. The van der Waals surface area contributed by atoms with Gasteiger partial charge >= 0.3 is 6.36 Å². The lowest BCUT2D eigenvalue weighted by molar-refractivity contribution is -0.274. The second-order valence-corrected chi connectivity index (χ2v) is 7.48. The number of H-pyrrole nitrogens is 2. The minimum absolute atomic E-state index is 0.149. The topological polar surface area (TPSA) is 100 Å². The second-order valence-electron chi connectivity index (χ2n) is 7.48. The van der Waals surface area contributed by atoms with Crippen LogP contribution in [-0.2, 0) is 4.79 Å². The van der Waals surface area contributed by atoms with Crippen molar-refractivity contribution in [3.05, 3.63) is 81.2 Å². The number of carbonyl (C=O) groups is 1. The van der Waals surface area contributed by atoms with Gasteiger partial charge in [0.2, 0.25) is 0 Å². The number of fused-ring (bicyclic) bond motifs is 1. The molecule has 0 saturated carbocycles. The smallest absolute Gasteiger partial charge is 0.469 e. The van der Waals surface area contributed by atoms with Crippen LogP contribution in [0.1, 0.15) is 41.6 Å². The summed E-state index contributed by atoms with van der Waals surface area (Å²) in [4.78, 5) is 25.7. The number of benzene rings is 1. The number of furan rings is 1. The molecule has 160 valence electrons. The number of halogens is 3. The van der Waals surface area contributed by atoms with Crippen LogP contribution in [0.2, 0.25) is 0 Å². The Labute approximate surface area is 172 Å². The Balaban J connectivity index is 1.57. The normalized spacial score (nSPS) is 20.8. The first kappa shape index (κ1) is 19.3. The number of aromatic nitrogens is 2. The van der Waals surface area contributed by atoms with Gasteiger partial charge in [-0.2, -0.15) is 0 Å². The van der Waals surface area contributed by atoms with Gasteiger partial charge in [0.1, 0.15) is 17.3 Å². The molecule has 3 heterocycles. The molecule has 10 heteroatoms. The number of ether oxygens (including phenoxy) is 1. The van der Waals surface area contributed by atoms with Crippen molar-refractivity contribution in [3.63, 3.8) is 0 Å². The molecule has 1 aliphatic heterocycles. The maximum Gasteiger partial charge on any atom is 0.573 e. The fraction of sp³-hybridized carbons (Fsp3) is 0.238. The third kappa shape index (κ3) is 3.43. The molecule has 0 radical (unpaired) electrons. The largest absolute Gasteiger partial charge is 0.573 e. The molecule has 5 rings (SSSR count). The van der Waals surface area contributed by atoms with E-state index >= 15 is 0 Å². The summed E-state index contributed by atoms with van der Waals surface area (Å²) >= 11 is 0. The van der Waals surface area contributed by atoms with E-state index in [1.165, 1.54) is 24.3 Å². The SMILES string of the molecule is O=C1C[C@H](c2ccco2)CC2=C1[C@H](c1ccc(OC(F)(F)F)cc1)c1c([nH][nH]c1=O)N2. The highest BCUT2D eigenvalue weighted by Gasteiger charge is 2.41. The van der Waals surface area contributed by atoms with Crippen LogP contribution in [0.5, 0.6) is 5.75 Å². The molecule has 3 N–H and O–H groups in total. The van der Waals surface area contributed by atoms with E-state index in [0.29, 0.717) is 40.4 Å². The molecular weight excluding hydrogens is 415 g/mol. The molecule has 0 fully saturated rings. The van der Waals surface area contributed by atoms with E-state index in [1.807, 2.05) is 6.07 Å². The summed E-state index contributed by atoms with van der Waals surface area (Å²) in [6.07, 6.45) is -2.56. The van der Waals surface area contributed by atoms with E-state index in [0.717, 1.165) is 0 Å². The fourth-order valence-corrected chi connectivity index (χ4v) is 4.34. The summed E-state index contributed by atoms with van der Waals surface area (Å²) in [5, 5.41) is 8.43. The van der Waals surface area contributed by atoms with Gasteiger partial charge in [0.05, 0.1) is 11.8 Å². The second kappa shape index (κ2) is 6.93. The van der Waals surface area contributed by atoms with E-state index in [2.05, 4.69) is 20.3 Å². The van der Waals surface area contributed by atoms with Gasteiger partial charge < -0.3 is 14.5 Å². The van der Waals surface area contributed by atoms with E-state index in [9.17, 15) is 22.8 Å². The van der Waals surface area contributed by atoms with Crippen molar-refractivity contribution < 1.29 is 27.1 Å². The van der Waals surface area contributed by atoms with Crippen molar-refractivity contribution in [2.75, 3.05) is 5.32 Å². The van der Waals surface area contributed by atoms with Crippen LogP contribution < -0.4 is 15.6 Å². The highest BCUT2D eigenvalue weighted by atomic mass is 19.4. The van der Waals surface area contributed by atoms with E-state index in [4.69, 9.17) is 4.42 Å². The number of hydrogen-bond donors (Lipinski definition) is 3. The highest BCUT2D eigenvalue weighted by molar-refractivity contribution is 6.01. The van der Waals surface area contributed by atoms with Gasteiger partial charge in [-0.1, -0.05) is 12.1 Å². The summed E-state index contributed by atoms with van der Waals surface area (Å²) in [6.45, 7) is 0. The highest BCUT2D eigenvalue weighted by Crippen LogP contribution is 2.46. The van der Waals surface area contributed by atoms with Gasteiger partial charge in [0.15, 0.2) is 5.78 Å². The molecule has 31 heavy (non-hydrogen) atoms. The summed E-state index contributed by atoms with van der Waals surface area (Å²) in [5.41, 5.74) is 1.51. The van der Waals surface area contributed by atoms with Crippen LogP contribution >= 0.6 is 0 Å². The average molecular weight is 431 g/mol. The fourth-order valence-electron chi connectivity index (χ4n) is 4.34. The molecule has 0 saturated heterocycles. The van der Waals surface area contributed by atoms with Crippen molar-refractivity contribution in [2.45, 2.75) is 31.0 Å². The standard InChI is InChI=1S/C21H16F3N3O4/c22-21(23,24)31-12-5-3-10(4-6-12)16-17-13(25-19-18(16)20(29)27-26-19)8-11(9-14(17)28)15-2-1-7-30-15/h1-7,11,16H,8-9H2,(H3,25,26,27,29)/t11-,16+/m1/s1. The number of hydrogen-bond acceptors (Lipinski definition) is 5. The van der Waals surface area contributed by atoms with Gasteiger partial charge in [0, 0.05) is 29.5 Å². The molecule has 1 aromatic carbocycles. The maximum atomic E-state index is 13.2. The number of ketones is 1. The third-order valence-electron chi connectivity index (χ3n) is 5.57. The van der Waals surface area contributed by atoms with Gasteiger partial charge in [-0.25, -0.2) is 0 Å². The van der Waals surface area contributed by atoms with Crippen molar-refractivity contribution in [1.29, 1.82) is 0 Å². The molecule has 2 aliphatic rings. The number of carbonyl (C=O) groups excluding carboxylic acids is 1. The summed E-state index contributed by atoms with van der Waals surface area (Å²) in [6, 6.07) is 8.78. The number of Topliss-reactive ketones (excluding diaryl/α,β-unsaturated/α-hetero) is 1. The molecule has 0 spiro atoms. The molecular formula is C21H16F3N3O4. The number of aromatic amines is 2. The molecule has 0 bridgehead atoms. The van der Waals surface area contributed by atoms with Gasteiger partial charge in [0.25, 0.3) is 5.56 Å². The lowest BCUT2D eigenvalue weighted by atomic mass is 9.73. The van der Waals surface area contributed by atoms with Crippen LogP contribution in [-0.4, -0.2) is 22.3 Å². The predicted molar refractivity (Wildman–Crippen MR) is 103 cm³/mol. The number of alkyl halides is 3. The average Bonchev–Trinajstić information content (AvgIpc) is 3.36. The Hall–Kier alpha value is -3.69. The van der Waals surface area contributed by atoms with E-state index in [-0.39, 0.29) is 23.9 Å². The first-order chi connectivity index (χ1) is 14.8. The Morgan fingerprint density at radius 3 is 2.48 bits per heavy atom. The zero-order chi connectivity index (χ0) is 21.8. The summed E-state index contributed by atoms with van der Waals surface area (Å²) < 4.78 is 46.9. The van der Waals surface area contributed by atoms with Crippen LogP contribution in [0.3, 0.4) is 0 Å². The van der Waals surface area contributed by atoms with Gasteiger partial charge in [-0.15, -0.1) is 13.2 Å². The first-order valence-corrected chi connectivity index (χ1v) is 9.53. The number of anilines is 1. The third-order valence-corrected chi connectivity index (χ3v) is 5.57. The Morgan fingerprint density at radius 2 is 1.81 bits per heavy atom.